The molecule has 0 amide bonds. The Balaban J connectivity index is 1.50. The van der Waals surface area contributed by atoms with E-state index in [1.807, 2.05) is 6.07 Å². The van der Waals surface area contributed by atoms with Crippen molar-refractivity contribution in [3.63, 3.8) is 0 Å². The van der Waals surface area contributed by atoms with Crippen LogP contribution >= 0.6 is 27.3 Å². The fourth-order valence-electron chi connectivity index (χ4n) is 2.55. The van der Waals surface area contributed by atoms with Crippen LogP contribution in [0.4, 0.5) is 17.2 Å². The maximum atomic E-state index is 12.4. The summed E-state index contributed by atoms with van der Waals surface area (Å²) in [6.07, 6.45) is 3.48. The summed E-state index contributed by atoms with van der Waals surface area (Å²) in [6, 6.07) is 13.8. The molecule has 148 valence electrons. The highest BCUT2D eigenvalue weighted by Gasteiger charge is 2.16. The molecule has 29 heavy (non-hydrogen) atoms. The molecule has 4 aromatic rings. The van der Waals surface area contributed by atoms with E-state index in [0.717, 1.165) is 20.8 Å². The predicted molar refractivity (Wildman–Crippen MR) is 116 cm³/mol. The molecule has 0 radical (unpaired) electrons. The second kappa shape index (κ2) is 7.93. The quantitative estimate of drug-likeness (QED) is 0.416. The SMILES string of the molecule is Cc1nc(Nc2ccc(NS(=O)(=O)c3ccc(Br)s3)cc2)cc(-n2cccn2)n1. The van der Waals surface area contributed by atoms with Crippen molar-refractivity contribution >= 4 is 54.5 Å². The summed E-state index contributed by atoms with van der Waals surface area (Å²) in [5, 5.41) is 7.38. The minimum atomic E-state index is -3.61. The Morgan fingerprint density at radius 3 is 2.48 bits per heavy atom. The third-order valence-electron chi connectivity index (χ3n) is 3.79. The second-order valence-corrected chi connectivity index (χ2v) is 10.3. The Morgan fingerprint density at radius 2 is 1.83 bits per heavy atom. The van der Waals surface area contributed by atoms with Gasteiger partial charge in [0.1, 0.15) is 15.9 Å². The summed E-state index contributed by atoms with van der Waals surface area (Å²) in [4.78, 5) is 8.76. The Bertz CT molecular complexity index is 1240. The number of benzene rings is 1. The zero-order chi connectivity index (χ0) is 20.4. The van der Waals surface area contributed by atoms with Crippen molar-refractivity contribution in [2.45, 2.75) is 11.1 Å². The van der Waals surface area contributed by atoms with Crippen molar-refractivity contribution in [2.24, 2.45) is 0 Å². The van der Waals surface area contributed by atoms with Crippen LogP contribution in [0, 0.1) is 6.92 Å². The number of aryl methyl sites for hydroxylation is 1. The Morgan fingerprint density at radius 1 is 1.07 bits per heavy atom. The summed E-state index contributed by atoms with van der Waals surface area (Å²) in [6.45, 7) is 1.80. The van der Waals surface area contributed by atoms with Crippen molar-refractivity contribution in [2.75, 3.05) is 10.0 Å². The number of rotatable bonds is 6. The topological polar surface area (TPSA) is 102 Å². The van der Waals surface area contributed by atoms with Crippen LogP contribution in [-0.4, -0.2) is 28.2 Å². The average Bonchev–Trinajstić information content (AvgIpc) is 3.35. The van der Waals surface area contributed by atoms with Gasteiger partial charge in [0.2, 0.25) is 0 Å². The number of hydrogen-bond acceptors (Lipinski definition) is 7. The van der Waals surface area contributed by atoms with Crippen molar-refractivity contribution in [3.8, 4) is 5.82 Å². The highest BCUT2D eigenvalue weighted by Crippen LogP contribution is 2.28. The van der Waals surface area contributed by atoms with E-state index in [1.54, 1.807) is 66.5 Å². The lowest BCUT2D eigenvalue weighted by Crippen LogP contribution is -2.11. The van der Waals surface area contributed by atoms with E-state index in [2.05, 4.69) is 41.0 Å². The molecule has 1 aromatic carbocycles. The number of anilines is 3. The van der Waals surface area contributed by atoms with Gasteiger partial charge in [-0.25, -0.2) is 23.1 Å². The summed E-state index contributed by atoms with van der Waals surface area (Å²) in [7, 11) is -3.61. The molecule has 0 aliphatic rings. The number of nitrogens with one attached hydrogen (secondary N) is 2. The maximum Gasteiger partial charge on any atom is 0.271 e. The molecule has 0 atom stereocenters. The van der Waals surface area contributed by atoms with E-state index in [1.165, 1.54) is 0 Å². The van der Waals surface area contributed by atoms with Crippen molar-refractivity contribution < 1.29 is 8.42 Å². The predicted octanol–water partition coefficient (Wildman–Crippen LogP) is 4.34. The molecule has 2 N–H and O–H groups in total. The lowest BCUT2D eigenvalue weighted by Gasteiger charge is -2.10. The van der Waals surface area contributed by atoms with Crippen molar-refractivity contribution in [1.82, 2.24) is 19.7 Å². The third kappa shape index (κ3) is 4.63. The van der Waals surface area contributed by atoms with Crippen LogP contribution in [0.25, 0.3) is 5.82 Å². The van der Waals surface area contributed by atoms with Crippen LogP contribution in [0.2, 0.25) is 0 Å². The van der Waals surface area contributed by atoms with Gasteiger partial charge >= 0.3 is 0 Å². The Hall–Kier alpha value is -2.76. The van der Waals surface area contributed by atoms with E-state index in [9.17, 15) is 8.42 Å². The van der Waals surface area contributed by atoms with E-state index in [-0.39, 0.29) is 4.21 Å². The molecule has 0 spiro atoms. The van der Waals surface area contributed by atoms with Gasteiger partial charge in [-0.15, -0.1) is 11.3 Å². The van der Waals surface area contributed by atoms with E-state index in [0.29, 0.717) is 23.1 Å². The van der Waals surface area contributed by atoms with Crippen LogP contribution in [-0.2, 0) is 10.0 Å². The lowest BCUT2D eigenvalue weighted by molar-refractivity contribution is 0.603. The lowest BCUT2D eigenvalue weighted by atomic mass is 10.3. The minimum absolute atomic E-state index is 0.245. The molecule has 0 fully saturated rings. The molecule has 3 heterocycles. The zero-order valence-corrected chi connectivity index (χ0v) is 18.3. The van der Waals surface area contributed by atoms with Crippen LogP contribution < -0.4 is 10.0 Å². The van der Waals surface area contributed by atoms with Crippen LogP contribution in [0.15, 0.2) is 68.9 Å². The largest absolute Gasteiger partial charge is 0.340 e. The standard InChI is InChI=1S/C18H15BrN6O2S2/c1-12-21-16(11-17(22-12)25-10-2-9-20-25)23-13-3-5-14(6-4-13)24-29(26,27)18-8-7-15(19)28-18/h2-11,24H,1H3,(H,21,22,23). The molecule has 3 aromatic heterocycles. The molecular formula is C18H15BrN6O2S2. The van der Waals surface area contributed by atoms with Gasteiger partial charge < -0.3 is 5.32 Å². The molecule has 0 saturated carbocycles. The number of thiophene rings is 1. The first-order chi connectivity index (χ1) is 13.9. The number of nitrogens with zero attached hydrogens (tertiary/aromatic N) is 4. The highest BCUT2D eigenvalue weighted by atomic mass is 79.9. The van der Waals surface area contributed by atoms with Gasteiger partial charge in [-0.3, -0.25) is 4.72 Å². The molecule has 0 aliphatic heterocycles. The van der Waals surface area contributed by atoms with E-state index >= 15 is 0 Å². The molecule has 0 bridgehead atoms. The smallest absolute Gasteiger partial charge is 0.271 e. The minimum Gasteiger partial charge on any atom is -0.340 e. The van der Waals surface area contributed by atoms with Gasteiger partial charge in [0.15, 0.2) is 5.82 Å². The number of halogens is 1. The summed E-state index contributed by atoms with van der Waals surface area (Å²) < 4.78 is 30.1. The summed E-state index contributed by atoms with van der Waals surface area (Å²) in [5.74, 6) is 1.86. The molecule has 0 unspecified atom stereocenters. The van der Waals surface area contributed by atoms with Crippen molar-refractivity contribution in [1.29, 1.82) is 0 Å². The molecule has 8 nitrogen and oxygen atoms in total. The van der Waals surface area contributed by atoms with E-state index < -0.39 is 10.0 Å². The molecule has 0 saturated heterocycles. The van der Waals surface area contributed by atoms with E-state index in [4.69, 9.17) is 0 Å². The first kappa shape index (κ1) is 19.6. The van der Waals surface area contributed by atoms with Gasteiger partial charge in [0.25, 0.3) is 10.0 Å². The summed E-state index contributed by atoms with van der Waals surface area (Å²) in [5.41, 5.74) is 1.23. The second-order valence-electron chi connectivity index (χ2n) is 5.98. The summed E-state index contributed by atoms with van der Waals surface area (Å²) >= 11 is 4.43. The fraction of sp³-hybridized carbons (Fsp3) is 0.0556. The highest BCUT2D eigenvalue weighted by molar-refractivity contribution is 9.11. The van der Waals surface area contributed by atoms with Gasteiger partial charge in [0.05, 0.1) is 3.79 Å². The number of hydrogen-bond donors (Lipinski definition) is 2. The molecule has 0 aliphatic carbocycles. The van der Waals surface area contributed by atoms with Gasteiger partial charge in [-0.2, -0.15) is 5.10 Å². The number of aromatic nitrogens is 4. The maximum absolute atomic E-state index is 12.4. The normalized spacial score (nSPS) is 11.4. The van der Waals surface area contributed by atoms with Gasteiger partial charge in [-0.05, 0) is 65.3 Å². The Kier molecular flexibility index (Phi) is 5.35. The fourth-order valence-corrected chi connectivity index (χ4v) is 5.62. The van der Waals surface area contributed by atoms with Gasteiger partial charge in [0, 0.05) is 29.8 Å². The zero-order valence-electron chi connectivity index (χ0n) is 15.1. The van der Waals surface area contributed by atoms with Crippen LogP contribution in [0.3, 0.4) is 0 Å². The molecule has 4 rings (SSSR count). The molecule has 11 heteroatoms. The number of sulfonamides is 1. The average molecular weight is 491 g/mol. The van der Waals surface area contributed by atoms with Crippen molar-refractivity contribution in [3.05, 3.63) is 70.5 Å². The molecular weight excluding hydrogens is 476 g/mol. The van der Waals surface area contributed by atoms with Gasteiger partial charge in [-0.1, -0.05) is 0 Å². The third-order valence-corrected chi connectivity index (χ3v) is 7.28. The Labute approximate surface area is 179 Å². The first-order valence-electron chi connectivity index (χ1n) is 8.40. The first-order valence-corrected chi connectivity index (χ1v) is 11.5. The monoisotopic (exact) mass is 490 g/mol. The van der Waals surface area contributed by atoms with Crippen LogP contribution in [0.1, 0.15) is 5.82 Å². The van der Waals surface area contributed by atoms with Crippen LogP contribution in [0.5, 0.6) is 0 Å².